The van der Waals surface area contributed by atoms with Crippen LogP contribution < -0.4 is 10.6 Å². The molecule has 0 aliphatic carbocycles. The van der Waals surface area contributed by atoms with E-state index in [0.717, 1.165) is 22.0 Å². The van der Waals surface area contributed by atoms with Crippen LogP contribution in [0.3, 0.4) is 0 Å². The fraction of sp³-hybridized carbons (Fsp3) is 0.320. The molecule has 1 aromatic heterocycles. The number of carbonyl (C=O) groups excluding carboxylic acids is 2. The number of alkyl carbamates (subject to hydrolysis) is 1. The van der Waals surface area contributed by atoms with Gasteiger partial charge in [-0.2, -0.15) is 0 Å². The summed E-state index contributed by atoms with van der Waals surface area (Å²) in [7, 11) is 0. The number of H-pyrrole nitrogens is 1. The van der Waals surface area contributed by atoms with Crippen LogP contribution in [-0.4, -0.2) is 40.1 Å². The number of para-hydroxylation sites is 1. The smallest absolute Gasteiger partial charge is 0.408 e. The van der Waals surface area contributed by atoms with E-state index in [9.17, 15) is 19.5 Å². The molecule has 3 atom stereocenters. The number of rotatable bonds is 10. The monoisotopic (exact) mass is 451 g/mol. The Bertz CT molecular complexity index is 1100. The summed E-state index contributed by atoms with van der Waals surface area (Å²) in [6.07, 6.45) is 1.73. The van der Waals surface area contributed by atoms with Crippen molar-refractivity contribution in [3.8, 4) is 0 Å². The zero-order chi connectivity index (χ0) is 23.8. The summed E-state index contributed by atoms with van der Waals surface area (Å²) in [4.78, 5) is 40.4. The predicted molar refractivity (Wildman–Crippen MR) is 125 cm³/mol. The Morgan fingerprint density at radius 2 is 1.73 bits per heavy atom. The van der Waals surface area contributed by atoms with E-state index in [1.165, 1.54) is 0 Å². The van der Waals surface area contributed by atoms with E-state index in [0.29, 0.717) is 6.42 Å². The minimum Gasteiger partial charge on any atom is -0.480 e. The van der Waals surface area contributed by atoms with Crippen molar-refractivity contribution in [1.29, 1.82) is 0 Å². The molecular formula is C25H29N3O5. The Morgan fingerprint density at radius 3 is 2.42 bits per heavy atom. The zero-order valence-corrected chi connectivity index (χ0v) is 18.7. The van der Waals surface area contributed by atoms with Gasteiger partial charge in [0.15, 0.2) is 0 Å². The van der Waals surface area contributed by atoms with Crippen LogP contribution in [-0.2, 0) is 27.4 Å². The number of fused-ring (bicyclic) bond motifs is 1. The lowest BCUT2D eigenvalue weighted by atomic mass is 9.97. The van der Waals surface area contributed by atoms with Gasteiger partial charge in [-0.1, -0.05) is 68.8 Å². The van der Waals surface area contributed by atoms with Crippen molar-refractivity contribution in [3.63, 3.8) is 0 Å². The standard InChI is InChI=1S/C25H29N3O5/c1-3-16(2)22(28-25(32)33-15-17-9-5-4-6-10-17)23(29)27-21(24(30)31)13-18-14-26-20-12-8-7-11-19(18)20/h4-12,14,16,21-22,26H,3,13,15H2,1-2H3,(H,27,29)(H,28,32)(H,30,31)/t16-,21-,22+/m0/s1. The highest BCUT2D eigenvalue weighted by Gasteiger charge is 2.30. The number of ether oxygens (including phenoxy) is 1. The first-order chi connectivity index (χ1) is 15.9. The summed E-state index contributed by atoms with van der Waals surface area (Å²) in [6.45, 7) is 3.78. The summed E-state index contributed by atoms with van der Waals surface area (Å²) in [6, 6.07) is 14.7. The van der Waals surface area contributed by atoms with Crippen molar-refractivity contribution in [3.05, 3.63) is 71.9 Å². The maximum absolute atomic E-state index is 13.0. The van der Waals surface area contributed by atoms with Crippen LogP contribution in [0.4, 0.5) is 4.79 Å². The normalized spacial score (nSPS) is 13.6. The highest BCUT2D eigenvalue weighted by Crippen LogP contribution is 2.19. The van der Waals surface area contributed by atoms with Crippen LogP contribution in [0.25, 0.3) is 10.9 Å². The quantitative estimate of drug-likeness (QED) is 0.375. The molecule has 0 radical (unpaired) electrons. The van der Waals surface area contributed by atoms with Crippen molar-refractivity contribution in [2.45, 2.75) is 45.4 Å². The number of aromatic amines is 1. The molecule has 174 valence electrons. The number of hydrogen-bond acceptors (Lipinski definition) is 4. The fourth-order valence-corrected chi connectivity index (χ4v) is 3.58. The van der Waals surface area contributed by atoms with Crippen molar-refractivity contribution in [2.75, 3.05) is 0 Å². The second kappa shape index (κ2) is 11.2. The van der Waals surface area contributed by atoms with Crippen molar-refractivity contribution in [2.24, 2.45) is 5.92 Å². The van der Waals surface area contributed by atoms with Gasteiger partial charge >= 0.3 is 12.1 Å². The van der Waals surface area contributed by atoms with Gasteiger partial charge in [0.2, 0.25) is 5.91 Å². The Hall–Kier alpha value is -3.81. The van der Waals surface area contributed by atoms with Gasteiger partial charge in [-0.05, 0) is 23.1 Å². The van der Waals surface area contributed by atoms with Gasteiger partial charge in [0.05, 0.1) is 0 Å². The average Bonchev–Trinajstić information content (AvgIpc) is 3.23. The predicted octanol–water partition coefficient (Wildman–Crippen LogP) is 3.62. The van der Waals surface area contributed by atoms with E-state index in [1.807, 2.05) is 68.4 Å². The number of benzene rings is 2. The second-order valence-corrected chi connectivity index (χ2v) is 8.03. The average molecular weight is 452 g/mol. The number of aliphatic carboxylic acids is 1. The van der Waals surface area contributed by atoms with Gasteiger partial charge in [0.25, 0.3) is 0 Å². The van der Waals surface area contributed by atoms with E-state index in [4.69, 9.17) is 4.74 Å². The summed E-state index contributed by atoms with van der Waals surface area (Å²) in [5.74, 6) is -1.94. The van der Waals surface area contributed by atoms with Crippen LogP contribution in [0.1, 0.15) is 31.4 Å². The van der Waals surface area contributed by atoms with Crippen LogP contribution >= 0.6 is 0 Å². The molecule has 0 saturated carbocycles. The lowest BCUT2D eigenvalue weighted by Crippen LogP contribution is -2.54. The second-order valence-electron chi connectivity index (χ2n) is 8.03. The van der Waals surface area contributed by atoms with Gasteiger partial charge < -0.3 is 25.5 Å². The summed E-state index contributed by atoms with van der Waals surface area (Å²) < 4.78 is 5.24. The number of aromatic nitrogens is 1. The van der Waals surface area contributed by atoms with Gasteiger partial charge in [-0.3, -0.25) is 4.79 Å². The third-order valence-corrected chi connectivity index (χ3v) is 5.70. The van der Waals surface area contributed by atoms with E-state index < -0.39 is 30.1 Å². The topological polar surface area (TPSA) is 121 Å². The summed E-state index contributed by atoms with van der Waals surface area (Å²) in [5, 5.41) is 15.8. The van der Waals surface area contributed by atoms with Crippen LogP contribution in [0.2, 0.25) is 0 Å². The van der Waals surface area contributed by atoms with Crippen LogP contribution in [0, 0.1) is 5.92 Å². The van der Waals surface area contributed by atoms with Gasteiger partial charge in [0.1, 0.15) is 18.7 Å². The Balaban J connectivity index is 1.66. The number of carboxylic acids is 1. The van der Waals surface area contributed by atoms with E-state index >= 15 is 0 Å². The van der Waals surface area contributed by atoms with Crippen molar-refractivity contribution in [1.82, 2.24) is 15.6 Å². The Morgan fingerprint density at radius 1 is 1.03 bits per heavy atom. The highest BCUT2D eigenvalue weighted by atomic mass is 16.5. The maximum Gasteiger partial charge on any atom is 0.408 e. The van der Waals surface area contributed by atoms with Crippen molar-refractivity contribution < 1.29 is 24.2 Å². The molecule has 0 saturated heterocycles. The van der Waals surface area contributed by atoms with E-state index in [1.54, 1.807) is 6.20 Å². The van der Waals surface area contributed by atoms with Crippen LogP contribution in [0.15, 0.2) is 60.8 Å². The molecule has 4 N–H and O–H groups in total. The van der Waals surface area contributed by atoms with Crippen molar-refractivity contribution >= 4 is 28.9 Å². The third kappa shape index (κ3) is 6.35. The molecule has 0 spiro atoms. The molecule has 3 rings (SSSR count). The largest absolute Gasteiger partial charge is 0.480 e. The first-order valence-electron chi connectivity index (χ1n) is 10.9. The molecular weight excluding hydrogens is 422 g/mol. The molecule has 0 unspecified atom stereocenters. The fourth-order valence-electron chi connectivity index (χ4n) is 3.58. The molecule has 0 fully saturated rings. The lowest BCUT2D eigenvalue weighted by molar-refractivity contribution is -0.142. The number of carboxylic acid groups (broad SMARTS) is 1. The maximum atomic E-state index is 13.0. The third-order valence-electron chi connectivity index (χ3n) is 5.70. The minimum atomic E-state index is -1.15. The first-order valence-corrected chi connectivity index (χ1v) is 10.9. The molecule has 1 heterocycles. The molecule has 2 amide bonds. The number of amides is 2. The van der Waals surface area contributed by atoms with Gasteiger partial charge in [0, 0.05) is 23.5 Å². The van der Waals surface area contributed by atoms with E-state index in [2.05, 4.69) is 15.6 Å². The molecule has 33 heavy (non-hydrogen) atoms. The molecule has 2 aromatic carbocycles. The molecule has 0 aliphatic rings. The zero-order valence-electron chi connectivity index (χ0n) is 18.7. The Labute approximate surface area is 192 Å². The Kier molecular flexibility index (Phi) is 8.07. The SMILES string of the molecule is CC[C@H](C)[C@@H](NC(=O)OCc1ccccc1)C(=O)N[C@@H](Cc1c[nH]c2ccccc12)C(=O)O. The molecule has 0 bridgehead atoms. The first kappa shape index (κ1) is 23.8. The molecule has 8 nitrogen and oxygen atoms in total. The number of nitrogens with one attached hydrogen (secondary N) is 3. The van der Waals surface area contributed by atoms with Gasteiger partial charge in [-0.25, -0.2) is 9.59 Å². The summed E-state index contributed by atoms with van der Waals surface area (Å²) >= 11 is 0. The van der Waals surface area contributed by atoms with E-state index in [-0.39, 0.29) is 18.9 Å². The summed E-state index contributed by atoms with van der Waals surface area (Å²) in [5.41, 5.74) is 2.50. The minimum absolute atomic E-state index is 0.0693. The van der Waals surface area contributed by atoms with Gasteiger partial charge in [-0.15, -0.1) is 0 Å². The molecule has 3 aromatic rings. The number of carbonyl (C=O) groups is 3. The highest BCUT2D eigenvalue weighted by molar-refractivity contribution is 5.90. The number of hydrogen-bond donors (Lipinski definition) is 4. The van der Waals surface area contributed by atoms with Crippen LogP contribution in [0.5, 0.6) is 0 Å². The lowest BCUT2D eigenvalue weighted by Gasteiger charge is -2.25. The molecule has 8 heteroatoms. The molecule has 0 aliphatic heterocycles.